The molecule has 0 spiro atoms. The zero-order valence-corrected chi connectivity index (χ0v) is 13.6. The summed E-state index contributed by atoms with van der Waals surface area (Å²) < 4.78 is 1.23. The van der Waals surface area contributed by atoms with Crippen molar-refractivity contribution in [2.24, 2.45) is 0 Å². The van der Waals surface area contributed by atoms with Crippen LogP contribution < -0.4 is 10.9 Å². The van der Waals surface area contributed by atoms with Crippen molar-refractivity contribution >= 4 is 23.0 Å². The monoisotopic (exact) mass is 339 g/mol. The van der Waals surface area contributed by atoms with Gasteiger partial charge in [-0.15, -0.1) is 5.10 Å². The average Bonchev–Trinajstić information content (AvgIpc) is 2.57. The fraction of sp³-hybridized carbons (Fsp3) is 0.111. The maximum absolute atomic E-state index is 12.9. The molecule has 3 aromatic rings. The maximum Gasteiger partial charge on any atom is 0.277 e. The lowest BCUT2D eigenvalue weighted by molar-refractivity contribution is 0.437. The Bertz CT molecular complexity index is 1010. The zero-order chi connectivity index (χ0) is 16.8. The molecule has 1 aromatic heterocycles. The Morgan fingerprint density at radius 2 is 1.96 bits per heavy atom. The molecule has 120 valence electrons. The van der Waals surface area contributed by atoms with Gasteiger partial charge >= 0.3 is 0 Å². The summed E-state index contributed by atoms with van der Waals surface area (Å²) in [5.74, 6) is -0.212. The molecule has 0 fully saturated rings. The van der Waals surface area contributed by atoms with Crippen molar-refractivity contribution in [3.05, 3.63) is 74.5 Å². The molecule has 1 aliphatic rings. The minimum Gasteiger partial charge on any atom is -0.491 e. The van der Waals surface area contributed by atoms with Gasteiger partial charge in [0.15, 0.2) is 0 Å². The van der Waals surface area contributed by atoms with Gasteiger partial charge in [0.1, 0.15) is 5.69 Å². The van der Waals surface area contributed by atoms with E-state index in [1.165, 1.54) is 4.68 Å². The quantitative estimate of drug-likeness (QED) is 0.556. The highest BCUT2D eigenvalue weighted by molar-refractivity contribution is 6.30. The van der Waals surface area contributed by atoms with Gasteiger partial charge in [-0.2, -0.15) is 4.68 Å². The summed E-state index contributed by atoms with van der Waals surface area (Å²) in [7, 11) is 0. The van der Waals surface area contributed by atoms with E-state index in [1.54, 1.807) is 24.3 Å². The van der Waals surface area contributed by atoms with E-state index in [4.69, 9.17) is 11.6 Å². The number of hydrogen-bond donors (Lipinski definition) is 2. The van der Waals surface area contributed by atoms with E-state index in [0.717, 1.165) is 16.8 Å². The minimum atomic E-state index is -0.250. The Hall–Kier alpha value is -2.79. The predicted octanol–water partition coefficient (Wildman–Crippen LogP) is 3.55. The molecule has 4 rings (SSSR count). The summed E-state index contributed by atoms with van der Waals surface area (Å²) in [5.41, 5.74) is 4.01. The molecule has 2 N–H and O–H groups in total. The Morgan fingerprint density at radius 3 is 2.71 bits per heavy atom. The number of nitrogens with zero attached hydrogens (tertiary/aromatic N) is 2. The first-order chi connectivity index (χ1) is 11.5. The van der Waals surface area contributed by atoms with Crippen LogP contribution in [-0.4, -0.2) is 14.9 Å². The van der Waals surface area contributed by atoms with Crippen molar-refractivity contribution in [2.45, 2.75) is 13.3 Å². The summed E-state index contributed by atoms with van der Waals surface area (Å²) >= 11 is 6.01. The SMILES string of the molecule is Cc1ccc(-n2nc(O)c3c(c2=O)Cc2ccc(Cl)cc2N3)cc1. The van der Waals surface area contributed by atoms with Crippen molar-refractivity contribution in [3.8, 4) is 11.6 Å². The smallest absolute Gasteiger partial charge is 0.277 e. The molecule has 1 aliphatic heterocycles. The molecule has 0 saturated heterocycles. The molecule has 5 nitrogen and oxygen atoms in total. The number of halogens is 1. The lowest BCUT2D eigenvalue weighted by Crippen LogP contribution is -2.28. The molecule has 2 aromatic carbocycles. The van der Waals surface area contributed by atoms with Gasteiger partial charge in [0.05, 0.1) is 11.3 Å². The lowest BCUT2D eigenvalue weighted by atomic mass is 9.99. The Labute approximate surface area is 143 Å². The van der Waals surface area contributed by atoms with Crippen LogP contribution in [0.15, 0.2) is 47.3 Å². The molecule has 0 amide bonds. The highest BCUT2D eigenvalue weighted by Gasteiger charge is 2.24. The fourth-order valence-electron chi connectivity index (χ4n) is 2.86. The molecule has 24 heavy (non-hydrogen) atoms. The topological polar surface area (TPSA) is 67.1 Å². The number of nitrogens with one attached hydrogen (secondary N) is 1. The molecule has 0 atom stereocenters. The molecule has 0 saturated carbocycles. The van der Waals surface area contributed by atoms with Crippen LogP contribution in [0.25, 0.3) is 5.69 Å². The Kier molecular flexibility index (Phi) is 3.32. The van der Waals surface area contributed by atoms with Gasteiger partial charge in [0.2, 0.25) is 0 Å². The van der Waals surface area contributed by atoms with Crippen LogP contribution in [0.1, 0.15) is 16.7 Å². The van der Waals surface area contributed by atoms with E-state index in [9.17, 15) is 9.90 Å². The Balaban J connectivity index is 1.88. The van der Waals surface area contributed by atoms with E-state index in [-0.39, 0.29) is 11.4 Å². The third-order valence-corrected chi connectivity index (χ3v) is 4.38. The number of aryl methyl sites for hydroxylation is 1. The highest BCUT2D eigenvalue weighted by atomic mass is 35.5. The van der Waals surface area contributed by atoms with Crippen molar-refractivity contribution in [1.82, 2.24) is 9.78 Å². The van der Waals surface area contributed by atoms with Crippen molar-refractivity contribution in [2.75, 3.05) is 5.32 Å². The molecular weight excluding hydrogens is 326 g/mol. The van der Waals surface area contributed by atoms with Crippen molar-refractivity contribution in [1.29, 1.82) is 0 Å². The number of benzene rings is 2. The second-order valence-corrected chi connectivity index (χ2v) is 6.27. The molecule has 2 heterocycles. The first-order valence-corrected chi connectivity index (χ1v) is 7.88. The van der Waals surface area contributed by atoms with Crippen LogP contribution in [0.5, 0.6) is 5.88 Å². The third-order valence-electron chi connectivity index (χ3n) is 4.15. The molecule has 0 bridgehead atoms. The average molecular weight is 340 g/mol. The van der Waals surface area contributed by atoms with Gasteiger partial charge in [-0.1, -0.05) is 35.4 Å². The van der Waals surface area contributed by atoms with Gasteiger partial charge in [0.25, 0.3) is 11.4 Å². The van der Waals surface area contributed by atoms with Crippen LogP contribution in [0.2, 0.25) is 5.02 Å². The molecule has 0 aliphatic carbocycles. The summed E-state index contributed by atoms with van der Waals surface area (Å²) in [4.78, 5) is 12.9. The Morgan fingerprint density at radius 1 is 1.21 bits per heavy atom. The molecule has 0 unspecified atom stereocenters. The minimum absolute atomic E-state index is 0.212. The largest absolute Gasteiger partial charge is 0.491 e. The predicted molar refractivity (Wildman–Crippen MR) is 93.8 cm³/mol. The van der Waals surface area contributed by atoms with Crippen LogP contribution in [0, 0.1) is 6.92 Å². The fourth-order valence-corrected chi connectivity index (χ4v) is 3.03. The number of aromatic hydroxyl groups is 1. The van der Waals surface area contributed by atoms with E-state index in [2.05, 4.69) is 10.4 Å². The van der Waals surface area contributed by atoms with E-state index < -0.39 is 0 Å². The van der Waals surface area contributed by atoms with Gasteiger partial charge in [-0.05, 0) is 36.8 Å². The number of aromatic nitrogens is 2. The number of fused-ring (bicyclic) bond motifs is 2. The molecular formula is C18H14ClN3O2. The third kappa shape index (κ3) is 2.34. The summed E-state index contributed by atoms with van der Waals surface area (Å²) in [6, 6.07) is 12.8. The first kappa shape index (κ1) is 14.8. The molecule has 6 heteroatoms. The summed E-state index contributed by atoms with van der Waals surface area (Å²) in [5, 5.41) is 18.0. The van der Waals surface area contributed by atoms with Crippen LogP contribution in [0.4, 0.5) is 11.4 Å². The standard InChI is InChI=1S/C18H14ClN3O2/c1-10-2-6-13(7-3-10)22-18(24)14-8-11-4-5-12(19)9-15(11)20-16(14)17(23)21-22/h2-7,9,20H,8H2,1H3,(H,21,23). The van der Waals surface area contributed by atoms with Gasteiger partial charge in [-0.25, -0.2) is 0 Å². The van der Waals surface area contributed by atoms with E-state index in [1.807, 2.05) is 25.1 Å². The maximum atomic E-state index is 12.9. The van der Waals surface area contributed by atoms with Crippen molar-refractivity contribution < 1.29 is 5.11 Å². The van der Waals surface area contributed by atoms with E-state index in [0.29, 0.717) is 28.4 Å². The second kappa shape index (κ2) is 5.39. The van der Waals surface area contributed by atoms with Gasteiger partial charge < -0.3 is 10.4 Å². The van der Waals surface area contributed by atoms with Gasteiger partial charge in [0, 0.05) is 17.1 Å². The van der Waals surface area contributed by atoms with Crippen LogP contribution >= 0.6 is 11.6 Å². The second-order valence-electron chi connectivity index (χ2n) is 5.83. The zero-order valence-electron chi connectivity index (χ0n) is 12.9. The highest BCUT2D eigenvalue weighted by Crippen LogP contribution is 2.36. The first-order valence-electron chi connectivity index (χ1n) is 7.50. The van der Waals surface area contributed by atoms with Crippen LogP contribution in [0.3, 0.4) is 0 Å². The van der Waals surface area contributed by atoms with Gasteiger partial charge in [-0.3, -0.25) is 4.79 Å². The van der Waals surface area contributed by atoms with Crippen molar-refractivity contribution in [3.63, 3.8) is 0 Å². The van der Waals surface area contributed by atoms with E-state index >= 15 is 0 Å². The summed E-state index contributed by atoms with van der Waals surface area (Å²) in [6.45, 7) is 1.97. The number of rotatable bonds is 1. The summed E-state index contributed by atoms with van der Waals surface area (Å²) in [6.07, 6.45) is 0.412. The lowest BCUT2D eigenvalue weighted by Gasteiger charge is -2.22. The number of hydrogen-bond acceptors (Lipinski definition) is 4. The van der Waals surface area contributed by atoms with Crippen LogP contribution in [-0.2, 0) is 6.42 Å². The molecule has 0 radical (unpaired) electrons. The normalized spacial score (nSPS) is 12.2. The number of anilines is 2.